The van der Waals surface area contributed by atoms with E-state index in [0.717, 1.165) is 0 Å². The zero-order valence-corrected chi connectivity index (χ0v) is 10.9. The van der Waals surface area contributed by atoms with Gasteiger partial charge in [-0.05, 0) is 30.5 Å². The van der Waals surface area contributed by atoms with Crippen LogP contribution in [0.5, 0.6) is 0 Å². The fraction of sp³-hybridized carbons (Fsp3) is 0.182. The molecule has 0 unspecified atom stereocenters. The van der Waals surface area contributed by atoms with E-state index in [4.69, 9.17) is 5.73 Å². The Morgan fingerprint density at radius 2 is 2.16 bits per heavy atom. The van der Waals surface area contributed by atoms with E-state index in [1.807, 2.05) is 6.26 Å². The third-order valence-electron chi connectivity index (χ3n) is 2.28. The molecule has 3 N–H and O–H groups in total. The Hall–Kier alpha value is -2.09. The number of nitrogen functional groups attached to an aromatic ring is 1. The van der Waals surface area contributed by atoms with E-state index >= 15 is 0 Å². The zero-order valence-electron chi connectivity index (χ0n) is 10.1. The predicted molar refractivity (Wildman–Crippen MR) is 71.2 cm³/mol. The summed E-state index contributed by atoms with van der Waals surface area (Å²) in [5.41, 5.74) is 6.13. The third kappa shape index (κ3) is 3.44. The molecule has 0 aliphatic rings. The molecule has 19 heavy (non-hydrogen) atoms. The van der Waals surface area contributed by atoms with Crippen LogP contribution in [0.2, 0.25) is 0 Å². The number of anilines is 2. The lowest BCUT2D eigenvalue weighted by atomic mass is 10.3. The number of nitrogens with zero attached hydrogens (tertiary/aromatic N) is 3. The number of carbonyl (C=O) groups excluding carboxylic acids is 1. The number of thioether (sulfide) groups is 1. The summed E-state index contributed by atoms with van der Waals surface area (Å²) in [6.45, 7) is -0.0449. The molecule has 1 heterocycles. The van der Waals surface area contributed by atoms with E-state index in [1.165, 1.54) is 40.7 Å². The van der Waals surface area contributed by atoms with Crippen LogP contribution in [0.15, 0.2) is 29.4 Å². The zero-order chi connectivity index (χ0) is 13.8. The number of carbonyl (C=O) groups is 1. The fourth-order valence-electron chi connectivity index (χ4n) is 1.41. The first-order valence-electron chi connectivity index (χ1n) is 5.38. The first kappa shape index (κ1) is 13.3. The van der Waals surface area contributed by atoms with Crippen molar-refractivity contribution in [1.29, 1.82) is 0 Å². The molecule has 0 spiro atoms. The molecule has 0 atom stereocenters. The van der Waals surface area contributed by atoms with Crippen LogP contribution >= 0.6 is 11.8 Å². The number of rotatable bonds is 4. The van der Waals surface area contributed by atoms with Gasteiger partial charge in [0.15, 0.2) is 0 Å². The summed E-state index contributed by atoms with van der Waals surface area (Å²) in [4.78, 5) is 15.7. The van der Waals surface area contributed by atoms with Gasteiger partial charge in [-0.1, -0.05) is 11.8 Å². The molecule has 0 bridgehead atoms. The van der Waals surface area contributed by atoms with Crippen LogP contribution in [-0.4, -0.2) is 26.9 Å². The van der Waals surface area contributed by atoms with E-state index in [-0.39, 0.29) is 24.2 Å². The van der Waals surface area contributed by atoms with Gasteiger partial charge in [0.1, 0.15) is 12.4 Å². The molecule has 1 aromatic heterocycles. The van der Waals surface area contributed by atoms with Crippen molar-refractivity contribution >= 4 is 29.3 Å². The molecule has 2 aromatic rings. The number of halogens is 1. The molecule has 6 nitrogen and oxygen atoms in total. The van der Waals surface area contributed by atoms with Crippen LogP contribution in [0.4, 0.5) is 16.0 Å². The standard InChI is InChI=1S/C11H12FN5OS/c1-19-11-15-10(13)17(16-11)6-9(18)14-8-4-2-7(12)3-5-8/h2-5H,6H2,1H3,(H,14,18)(H2,13,15,16). The fourth-order valence-corrected chi connectivity index (χ4v) is 1.77. The monoisotopic (exact) mass is 281 g/mol. The molecule has 2 rings (SSSR count). The molecule has 0 aliphatic carbocycles. The second kappa shape index (κ2) is 5.70. The lowest BCUT2D eigenvalue weighted by Crippen LogP contribution is -2.20. The number of nitrogens with two attached hydrogens (primary N) is 1. The Morgan fingerprint density at radius 1 is 1.47 bits per heavy atom. The smallest absolute Gasteiger partial charge is 0.246 e. The van der Waals surface area contributed by atoms with Crippen LogP contribution in [0, 0.1) is 5.82 Å². The number of hydrogen-bond donors (Lipinski definition) is 2. The van der Waals surface area contributed by atoms with E-state index in [1.54, 1.807) is 0 Å². The van der Waals surface area contributed by atoms with Crippen LogP contribution in [0.25, 0.3) is 0 Å². The molecule has 1 aromatic carbocycles. The molecular weight excluding hydrogens is 269 g/mol. The SMILES string of the molecule is CSc1nc(N)n(CC(=O)Nc2ccc(F)cc2)n1. The predicted octanol–water partition coefficient (Wildman–Crippen LogP) is 1.36. The lowest BCUT2D eigenvalue weighted by molar-refractivity contribution is -0.116. The van der Waals surface area contributed by atoms with Crippen molar-refractivity contribution in [1.82, 2.24) is 14.8 Å². The highest BCUT2D eigenvalue weighted by atomic mass is 32.2. The Labute approximate surface area is 113 Å². The van der Waals surface area contributed by atoms with Crippen molar-refractivity contribution in [3.63, 3.8) is 0 Å². The van der Waals surface area contributed by atoms with Gasteiger partial charge in [-0.3, -0.25) is 4.79 Å². The summed E-state index contributed by atoms with van der Waals surface area (Å²) in [6.07, 6.45) is 1.82. The van der Waals surface area contributed by atoms with Gasteiger partial charge < -0.3 is 11.1 Å². The molecule has 0 radical (unpaired) electrons. The van der Waals surface area contributed by atoms with E-state index in [2.05, 4.69) is 15.4 Å². The molecule has 0 aliphatic heterocycles. The highest BCUT2D eigenvalue weighted by Crippen LogP contribution is 2.12. The summed E-state index contributed by atoms with van der Waals surface area (Å²) in [6, 6.07) is 5.49. The highest BCUT2D eigenvalue weighted by molar-refractivity contribution is 7.98. The van der Waals surface area contributed by atoms with Crippen molar-refractivity contribution in [3.8, 4) is 0 Å². The minimum absolute atomic E-state index is 0.0449. The van der Waals surface area contributed by atoms with Crippen molar-refractivity contribution in [2.24, 2.45) is 0 Å². The topological polar surface area (TPSA) is 85.8 Å². The number of aromatic nitrogens is 3. The average molecular weight is 281 g/mol. The minimum atomic E-state index is -0.358. The number of benzene rings is 1. The largest absolute Gasteiger partial charge is 0.368 e. The van der Waals surface area contributed by atoms with Crippen molar-refractivity contribution < 1.29 is 9.18 Å². The number of nitrogens with one attached hydrogen (secondary N) is 1. The molecule has 8 heteroatoms. The minimum Gasteiger partial charge on any atom is -0.368 e. The van der Waals surface area contributed by atoms with Gasteiger partial charge in [-0.2, -0.15) is 4.98 Å². The third-order valence-corrected chi connectivity index (χ3v) is 2.82. The second-order valence-electron chi connectivity index (χ2n) is 3.67. The molecular formula is C11H12FN5OS. The van der Waals surface area contributed by atoms with Gasteiger partial charge in [0, 0.05) is 5.69 Å². The Morgan fingerprint density at radius 3 is 2.74 bits per heavy atom. The van der Waals surface area contributed by atoms with E-state index < -0.39 is 0 Å². The Kier molecular flexibility index (Phi) is 4.00. The summed E-state index contributed by atoms with van der Waals surface area (Å²) < 4.78 is 14.0. The highest BCUT2D eigenvalue weighted by Gasteiger charge is 2.10. The van der Waals surface area contributed by atoms with Crippen molar-refractivity contribution in [2.45, 2.75) is 11.7 Å². The maximum atomic E-state index is 12.7. The lowest BCUT2D eigenvalue weighted by Gasteiger charge is -2.05. The molecule has 1 amide bonds. The maximum Gasteiger partial charge on any atom is 0.246 e. The number of hydrogen-bond acceptors (Lipinski definition) is 5. The molecule has 0 saturated heterocycles. The average Bonchev–Trinajstić information content (AvgIpc) is 2.73. The first-order chi connectivity index (χ1) is 9.08. The Balaban J connectivity index is 2.00. The van der Waals surface area contributed by atoms with Crippen LogP contribution in [-0.2, 0) is 11.3 Å². The van der Waals surface area contributed by atoms with E-state index in [9.17, 15) is 9.18 Å². The van der Waals surface area contributed by atoms with Crippen LogP contribution in [0.1, 0.15) is 0 Å². The van der Waals surface area contributed by atoms with Gasteiger partial charge >= 0.3 is 0 Å². The summed E-state index contributed by atoms with van der Waals surface area (Å²) in [5.74, 6) is -0.488. The summed E-state index contributed by atoms with van der Waals surface area (Å²) in [5, 5.41) is 7.17. The van der Waals surface area contributed by atoms with Crippen molar-refractivity contribution in [3.05, 3.63) is 30.1 Å². The van der Waals surface area contributed by atoms with Crippen LogP contribution in [0.3, 0.4) is 0 Å². The number of amides is 1. The van der Waals surface area contributed by atoms with Gasteiger partial charge in [0.2, 0.25) is 17.0 Å². The molecule has 100 valence electrons. The normalized spacial score (nSPS) is 10.4. The van der Waals surface area contributed by atoms with Gasteiger partial charge in [0.05, 0.1) is 0 Å². The van der Waals surface area contributed by atoms with Crippen molar-refractivity contribution in [2.75, 3.05) is 17.3 Å². The summed E-state index contributed by atoms with van der Waals surface area (Å²) >= 11 is 1.34. The first-order valence-corrected chi connectivity index (χ1v) is 6.60. The van der Waals surface area contributed by atoms with Crippen LogP contribution < -0.4 is 11.1 Å². The molecule has 0 saturated carbocycles. The van der Waals surface area contributed by atoms with Gasteiger partial charge in [-0.25, -0.2) is 9.07 Å². The van der Waals surface area contributed by atoms with E-state index in [0.29, 0.717) is 10.8 Å². The molecule has 0 fully saturated rings. The maximum absolute atomic E-state index is 12.7. The quantitative estimate of drug-likeness (QED) is 0.826. The van der Waals surface area contributed by atoms with Gasteiger partial charge in [0.25, 0.3) is 0 Å². The Bertz CT molecular complexity index is 583. The van der Waals surface area contributed by atoms with Gasteiger partial charge in [-0.15, -0.1) is 5.10 Å². The second-order valence-corrected chi connectivity index (χ2v) is 4.44. The summed E-state index contributed by atoms with van der Waals surface area (Å²) in [7, 11) is 0.